The van der Waals surface area contributed by atoms with Crippen LogP contribution in [0.3, 0.4) is 0 Å². The molecule has 1 rings (SSSR count). The van der Waals surface area contributed by atoms with Crippen molar-refractivity contribution in [3.05, 3.63) is 29.8 Å². The highest BCUT2D eigenvalue weighted by Gasteiger charge is 2.27. The van der Waals surface area contributed by atoms with Crippen LogP contribution in [0.1, 0.15) is 31.7 Å². The van der Waals surface area contributed by atoms with Gasteiger partial charge >= 0.3 is 5.97 Å². The molecule has 4 nitrogen and oxygen atoms in total. The lowest BCUT2D eigenvalue weighted by atomic mass is 9.91. The standard InChI is InChI=1S/C14H20O4/c1-4-12(13(15)14(16)18-5-2)10-6-8-11(17-3)9-7-10/h6-9,12-13,15H,4-5H2,1-3H3. The Balaban J connectivity index is 2.84. The molecule has 1 aromatic carbocycles. The Bertz CT molecular complexity index is 372. The summed E-state index contributed by atoms with van der Waals surface area (Å²) in [5.74, 6) is -0.0747. The molecule has 0 bridgehead atoms. The molecule has 4 heteroatoms. The molecule has 18 heavy (non-hydrogen) atoms. The number of rotatable bonds is 6. The van der Waals surface area contributed by atoms with Gasteiger partial charge in [0.15, 0.2) is 6.10 Å². The number of aliphatic hydroxyl groups excluding tert-OH is 1. The minimum atomic E-state index is -1.12. The number of ether oxygens (including phenoxy) is 2. The van der Waals surface area contributed by atoms with Crippen LogP contribution < -0.4 is 4.74 Å². The van der Waals surface area contributed by atoms with Gasteiger partial charge in [0.1, 0.15) is 5.75 Å². The van der Waals surface area contributed by atoms with E-state index in [0.29, 0.717) is 6.42 Å². The van der Waals surface area contributed by atoms with E-state index >= 15 is 0 Å². The lowest BCUT2D eigenvalue weighted by molar-refractivity contribution is -0.154. The molecule has 0 saturated heterocycles. The molecule has 0 fully saturated rings. The molecule has 0 aliphatic carbocycles. The Morgan fingerprint density at radius 2 is 1.89 bits per heavy atom. The first-order chi connectivity index (χ1) is 8.63. The van der Waals surface area contributed by atoms with Crippen molar-refractivity contribution in [2.45, 2.75) is 32.3 Å². The van der Waals surface area contributed by atoms with Crippen molar-refractivity contribution in [1.82, 2.24) is 0 Å². The van der Waals surface area contributed by atoms with E-state index in [1.807, 2.05) is 31.2 Å². The molecule has 100 valence electrons. The highest BCUT2D eigenvalue weighted by Crippen LogP contribution is 2.26. The molecule has 0 amide bonds. The Morgan fingerprint density at radius 3 is 2.33 bits per heavy atom. The third-order valence-electron chi connectivity index (χ3n) is 2.89. The van der Waals surface area contributed by atoms with E-state index in [1.54, 1.807) is 14.0 Å². The quantitative estimate of drug-likeness (QED) is 0.788. The Hall–Kier alpha value is -1.55. The van der Waals surface area contributed by atoms with Gasteiger partial charge < -0.3 is 14.6 Å². The SMILES string of the molecule is CCOC(=O)C(O)C(CC)c1ccc(OC)cc1. The number of esters is 1. The maximum atomic E-state index is 11.5. The van der Waals surface area contributed by atoms with Crippen LogP contribution in [0.4, 0.5) is 0 Å². The summed E-state index contributed by atoms with van der Waals surface area (Å²) in [5, 5.41) is 9.98. The van der Waals surface area contributed by atoms with Gasteiger partial charge in [0.2, 0.25) is 0 Å². The van der Waals surface area contributed by atoms with Gasteiger partial charge in [0, 0.05) is 5.92 Å². The summed E-state index contributed by atoms with van der Waals surface area (Å²) in [5.41, 5.74) is 0.902. The van der Waals surface area contributed by atoms with Crippen molar-refractivity contribution in [1.29, 1.82) is 0 Å². The van der Waals surface area contributed by atoms with E-state index in [9.17, 15) is 9.90 Å². The molecule has 0 heterocycles. The third kappa shape index (κ3) is 3.47. The average Bonchev–Trinajstić information content (AvgIpc) is 2.40. The molecular weight excluding hydrogens is 232 g/mol. The zero-order valence-electron chi connectivity index (χ0n) is 11.1. The first kappa shape index (κ1) is 14.5. The summed E-state index contributed by atoms with van der Waals surface area (Å²) in [6, 6.07) is 7.34. The van der Waals surface area contributed by atoms with Crippen molar-refractivity contribution in [2.24, 2.45) is 0 Å². The lowest BCUT2D eigenvalue weighted by Gasteiger charge is -2.20. The maximum absolute atomic E-state index is 11.5. The van der Waals surface area contributed by atoms with E-state index < -0.39 is 12.1 Å². The fourth-order valence-corrected chi connectivity index (χ4v) is 1.88. The van der Waals surface area contributed by atoms with Crippen molar-refractivity contribution < 1.29 is 19.4 Å². The molecule has 0 aliphatic heterocycles. The average molecular weight is 252 g/mol. The smallest absolute Gasteiger partial charge is 0.335 e. The van der Waals surface area contributed by atoms with E-state index in [2.05, 4.69) is 0 Å². The monoisotopic (exact) mass is 252 g/mol. The van der Waals surface area contributed by atoms with Crippen LogP contribution in [0.15, 0.2) is 24.3 Å². The maximum Gasteiger partial charge on any atom is 0.335 e. The van der Waals surface area contributed by atoms with Gasteiger partial charge in [0.25, 0.3) is 0 Å². The second kappa shape index (κ2) is 7.01. The van der Waals surface area contributed by atoms with Crippen molar-refractivity contribution >= 4 is 5.97 Å². The van der Waals surface area contributed by atoms with Crippen molar-refractivity contribution in [3.8, 4) is 5.75 Å². The molecule has 1 aromatic rings. The highest BCUT2D eigenvalue weighted by molar-refractivity contribution is 5.75. The molecule has 2 atom stereocenters. The van der Waals surface area contributed by atoms with Crippen LogP contribution in [0, 0.1) is 0 Å². The van der Waals surface area contributed by atoms with Gasteiger partial charge in [-0.3, -0.25) is 0 Å². The first-order valence-corrected chi connectivity index (χ1v) is 6.12. The summed E-state index contributed by atoms with van der Waals surface area (Å²) in [7, 11) is 1.60. The summed E-state index contributed by atoms with van der Waals surface area (Å²) < 4.78 is 9.91. The van der Waals surface area contributed by atoms with Crippen LogP contribution in [-0.4, -0.2) is 30.9 Å². The second-order valence-corrected chi connectivity index (χ2v) is 3.98. The zero-order valence-corrected chi connectivity index (χ0v) is 11.1. The minimum absolute atomic E-state index is 0.255. The molecule has 2 unspecified atom stereocenters. The van der Waals surface area contributed by atoms with Crippen molar-refractivity contribution in [3.63, 3.8) is 0 Å². The molecule has 0 radical (unpaired) electrons. The van der Waals surface area contributed by atoms with Crippen LogP contribution in [0.25, 0.3) is 0 Å². The molecule has 0 aliphatic rings. The Kier molecular flexibility index (Phi) is 5.65. The predicted octanol–water partition coefficient (Wildman–Crippen LogP) is 2.11. The number of carbonyl (C=O) groups excluding carboxylic acids is 1. The zero-order chi connectivity index (χ0) is 13.5. The molecule has 1 N–H and O–H groups in total. The second-order valence-electron chi connectivity index (χ2n) is 3.98. The van der Waals surface area contributed by atoms with Gasteiger partial charge in [0.05, 0.1) is 13.7 Å². The van der Waals surface area contributed by atoms with Crippen molar-refractivity contribution in [2.75, 3.05) is 13.7 Å². The Morgan fingerprint density at radius 1 is 1.28 bits per heavy atom. The topological polar surface area (TPSA) is 55.8 Å². The number of aliphatic hydroxyl groups is 1. The number of carbonyl (C=O) groups is 1. The fraction of sp³-hybridized carbons (Fsp3) is 0.500. The minimum Gasteiger partial charge on any atom is -0.497 e. The highest BCUT2D eigenvalue weighted by atomic mass is 16.5. The summed E-state index contributed by atoms with van der Waals surface area (Å²) in [6.45, 7) is 3.92. The van der Waals surface area contributed by atoms with E-state index in [1.165, 1.54) is 0 Å². The van der Waals surface area contributed by atoms with Gasteiger partial charge in [-0.2, -0.15) is 0 Å². The first-order valence-electron chi connectivity index (χ1n) is 6.12. The summed E-state index contributed by atoms with van der Waals surface area (Å²) in [4.78, 5) is 11.5. The normalized spacial score (nSPS) is 13.8. The number of hydrogen-bond donors (Lipinski definition) is 1. The fourth-order valence-electron chi connectivity index (χ4n) is 1.88. The summed E-state index contributed by atoms with van der Waals surface area (Å²) in [6.07, 6.45) is -0.463. The largest absolute Gasteiger partial charge is 0.497 e. The predicted molar refractivity (Wildman–Crippen MR) is 68.7 cm³/mol. The van der Waals surface area contributed by atoms with E-state index in [4.69, 9.17) is 9.47 Å². The van der Waals surface area contributed by atoms with E-state index in [0.717, 1.165) is 11.3 Å². The summed E-state index contributed by atoms with van der Waals surface area (Å²) >= 11 is 0. The van der Waals surface area contributed by atoms with Gasteiger partial charge in [-0.15, -0.1) is 0 Å². The number of benzene rings is 1. The lowest BCUT2D eigenvalue weighted by Crippen LogP contribution is -2.29. The third-order valence-corrected chi connectivity index (χ3v) is 2.89. The van der Waals surface area contributed by atoms with Crippen LogP contribution in [-0.2, 0) is 9.53 Å². The molecule has 0 spiro atoms. The molecular formula is C14H20O4. The molecule has 0 saturated carbocycles. The van der Waals surface area contributed by atoms with E-state index in [-0.39, 0.29) is 12.5 Å². The van der Waals surface area contributed by atoms with Crippen LogP contribution >= 0.6 is 0 Å². The van der Waals surface area contributed by atoms with Crippen LogP contribution in [0.2, 0.25) is 0 Å². The van der Waals surface area contributed by atoms with Gasteiger partial charge in [-0.05, 0) is 31.0 Å². The number of methoxy groups -OCH3 is 1. The Labute approximate surface area is 108 Å². The number of hydrogen-bond acceptors (Lipinski definition) is 4. The van der Waals surface area contributed by atoms with Gasteiger partial charge in [-0.25, -0.2) is 4.79 Å². The molecule has 0 aromatic heterocycles. The van der Waals surface area contributed by atoms with Gasteiger partial charge in [-0.1, -0.05) is 19.1 Å². The van der Waals surface area contributed by atoms with Crippen LogP contribution in [0.5, 0.6) is 5.75 Å².